The van der Waals surface area contributed by atoms with Crippen LogP contribution in [-0.2, 0) is 4.79 Å². The second kappa shape index (κ2) is 5.20. The van der Waals surface area contributed by atoms with Gasteiger partial charge in [0.25, 0.3) is 5.91 Å². The van der Waals surface area contributed by atoms with E-state index in [1.54, 1.807) is 5.01 Å². The van der Waals surface area contributed by atoms with Gasteiger partial charge in [-0.05, 0) is 0 Å². The van der Waals surface area contributed by atoms with E-state index in [2.05, 4.69) is 5.43 Å². The number of hydrazine groups is 1. The van der Waals surface area contributed by atoms with Gasteiger partial charge >= 0.3 is 0 Å². The Hall–Kier alpha value is -0.610. The standard InChI is InChI=1S/C6H14N2O2/c1-3-8(4-2)7-6(10)5-9/h9H,3-5H2,1-2H3,(H,7,10). The van der Waals surface area contributed by atoms with E-state index in [9.17, 15) is 4.79 Å². The molecule has 0 saturated heterocycles. The van der Waals surface area contributed by atoms with Crippen LogP contribution in [0.2, 0.25) is 0 Å². The molecule has 0 fully saturated rings. The molecule has 4 heteroatoms. The summed E-state index contributed by atoms with van der Waals surface area (Å²) in [6, 6.07) is 0. The summed E-state index contributed by atoms with van der Waals surface area (Å²) in [7, 11) is 0. The van der Waals surface area contributed by atoms with E-state index in [1.165, 1.54) is 0 Å². The van der Waals surface area contributed by atoms with Crippen molar-refractivity contribution in [3.8, 4) is 0 Å². The zero-order valence-electron chi connectivity index (χ0n) is 6.42. The molecule has 0 bridgehead atoms. The predicted octanol–water partition coefficient (Wildman–Crippen LogP) is -0.648. The van der Waals surface area contributed by atoms with E-state index in [0.29, 0.717) is 0 Å². The number of aliphatic hydroxyl groups is 1. The Bertz CT molecular complexity index is 102. The van der Waals surface area contributed by atoms with Gasteiger partial charge in [-0.1, -0.05) is 13.8 Å². The minimum Gasteiger partial charge on any atom is -0.386 e. The van der Waals surface area contributed by atoms with Crippen LogP contribution in [0, 0.1) is 0 Å². The third kappa shape index (κ3) is 3.42. The topological polar surface area (TPSA) is 52.6 Å². The predicted molar refractivity (Wildman–Crippen MR) is 38.1 cm³/mol. The molecule has 0 aromatic rings. The highest BCUT2D eigenvalue weighted by atomic mass is 16.3. The molecule has 0 radical (unpaired) electrons. The van der Waals surface area contributed by atoms with Crippen molar-refractivity contribution in [2.24, 2.45) is 0 Å². The lowest BCUT2D eigenvalue weighted by atomic mass is 10.6. The van der Waals surface area contributed by atoms with Crippen LogP contribution in [0.25, 0.3) is 0 Å². The van der Waals surface area contributed by atoms with E-state index >= 15 is 0 Å². The zero-order chi connectivity index (χ0) is 7.98. The van der Waals surface area contributed by atoms with Gasteiger partial charge in [0.2, 0.25) is 0 Å². The fraction of sp³-hybridized carbons (Fsp3) is 0.833. The molecule has 0 aliphatic rings. The van der Waals surface area contributed by atoms with Crippen LogP contribution >= 0.6 is 0 Å². The second-order valence-electron chi connectivity index (χ2n) is 1.87. The summed E-state index contributed by atoms with van der Waals surface area (Å²) in [5, 5.41) is 10.1. The van der Waals surface area contributed by atoms with Crippen LogP contribution < -0.4 is 5.43 Å². The summed E-state index contributed by atoms with van der Waals surface area (Å²) in [6.07, 6.45) is 0. The van der Waals surface area contributed by atoms with Gasteiger partial charge in [-0.3, -0.25) is 10.2 Å². The second-order valence-corrected chi connectivity index (χ2v) is 1.87. The molecular formula is C6H14N2O2. The van der Waals surface area contributed by atoms with Crippen molar-refractivity contribution in [1.29, 1.82) is 0 Å². The van der Waals surface area contributed by atoms with E-state index in [4.69, 9.17) is 5.11 Å². The normalized spacial score (nSPS) is 10.0. The number of carbonyl (C=O) groups excluding carboxylic acids is 1. The Kier molecular flexibility index (Phi) is 4.88. The molecule has 0 atom stereocenters. The maximum atomic E-state index is 10.5. The monoisotopic (exact) mass is 146 g/mol. The maximum absolute atomic E-state index is 10.5. The molecule has 4 nitrogen and oxygen atoms in total. The number of carbonyl (C=O) groups is 1. The Morgan fingerprint density at radius 2 is 2.00 bits per heavy atom. The van der Waals surface area contributed by atoms with Crippen LogP contribution in [0.4, 0.5) is 0 Å². The SMILES string of the molecule is CCN(CC)NC(=O)CO. The minimum absolute atomic E-state index is 0.358. The maximum Gasteiger partial charge on any atom is 0.259 e. The molecule has 0 aliphatic carbocycles. The molecule has 0 aromatic carbocycles. The van der Waals surface area contributed by atoms with Crippen LogP contribution in [0.15, 0.2) is 0 Å². The van der Waals surface area contributed by atoms with Crippen LogP contribution in [0.3, 0.4) is 0 Å². The van der Waals surface area contributed by atoms with Crippen LogP contribution in [-0.4, -0.2) is 35.7 Å². The highest BCUT2D eigenvalue weighted by Gasteiger charge is 2.01. The number of hydrogen-bond acceptors (Lipinski definition) is 3. The fourth-order valence-corrected chi connectivity index (χ4v) is 0.593. The Morgan fingerprint density at radius 3 is 2.30 bits per heavy atom. The highest BCUT2D eigenvalue weighted by Crippen LogP contribution is 1.78. The average molecular weight is 146 g/mol. The van der Waals surface area contributed by atoms with Crippen molar-refractivity contribution in [2.45, 2.75) is 13.8 Å². The first kappa shape index (κ1) is 9.39. The number of nitrogens with zero attached hydrogens (tertiary/aromatic N) is 1. The lowest BCUT2D eigenvalue weighted by Gasteiger charge is -2.17. The Labute approximate surface area is 60.8 Å². The molecule has 0 aromatic heterocycles. The smallest absolute Gasteiger partial charge is 0.259 e. The van der Waals surface area contributed by atoms with Crippen molar-refractivity contribution in [1.82, 2.24) is 10.4 Å². The average Bonchev–Trinajstić information content (AvgIpc) is 1.99. The zero-order valence-corrected chi connectivity index (χ0v) is 6.42. The van der Waals surface area contributed by atoms with Crippen molar-refractivity contribution < 1.29 is 9.90 Å². The quantitative estimate of drug-likeness (QED) is 0.518. The number of nitrogens with one attached hydrogen (secondary N) is 1. The first-order valence-corrected chi connectivity index (χ1v) is 3.39. The lowest BCUT2D eigenvalue weighted by Crippen LogP contribution is -2.43. The van der Waals surface area contributed by atoms with E-state index in [-0.39, 0.29) is 5.91 Å². The van der Waals surface area contributed by atoms with Crippen molar-refractivity contribution in [2.75, 3.05) is 19.7 Å². The minimum atomic E-state index is -0.448. The lowest BCUT2D eigenvalue weighted by molar-refractivity contribution is -0.128. The molecule has 60 valence electrons. The summed E-state index contributed by atoms with van der Waals surface area (Å²) >= 11 is 0. The fourth-order valence-electron chi connectivity index (χ4n) is 0.593. The Balaban J connectivity index is 3.52. The molecule has 0 spiro atoms. The van der Waals surface area contributed by atoms with Gasteiger partial charge in [-0.2, -0.15) is 0 Å². The molecule has 0 saturated carbocycles. The molecular weight excluding hydrogens is 132 g/mol. The summed E-state index contributed by atoms with van der Waals surface area (Å²) in [6.45, 7) is 4.92. The van der Waals surface area contributed by atoms with Crippen LogP contribution in [0.1, 0.15) is 13.8 Å². The van der Waals surface area contributed by atoms with Crippen molar-refractivity contribution in [3.63, 3.8) is 0 Å². The summed E-state index contributed by atoms with van der Waals surface area (Å²) in [5.41, 5.74) is 2.51. The van der Waals surface area contributed by atoms with E-state index < -0.39 is 6.61 Å². The number of aliphatic hydroxyl groups excluding tert-OH is 1. The third-order valence-corrected chi connectivity index (χ3v) is 1.19. The number of hydrogen-bond donors (Lipinski definition) is 2. The van der Waals surface area contributed by atoms with Gasteiger partial charge < -0.3 is 5.11 Å². The Morgan fingerprint density at radius 1 is 1.50 bits per heavy atom. The first-order chi connectivity index (χ1) is 4.74. The van der Waals surface area contributed by atoms with Crippen molar-refractivity contribution >= 4 is 5.91 Å². The largest absolute Gasteiger partial charge is 0.386 e. The number of amides is 1. The summed E-state index contributed by atoms with van der Waals surface area (Å²) < 4.78 is 0. The van der Waals surface area contributed by atoms with Gasteiger partial charge in [-0.25, -0.2) is 5.01 Å². The number of rotatable bonds is 4. The molecule has 1 amide bonds. The molecule has 0 unspecified atom stereocenters. The van der Waals surface area contributed by atoms with Crippen LogP contribution in [0.5, 0.6) is 0 Å². The molecule has 0 aliphatic heterocycles. The van der Waals surface area contributed by atoms with Gasteiger partial charge in [-0.15, -0.1) is 0 Å². The summed E-state index contributed by atoms with van der Waals surface area (Å²) in [4.78, 5) is 10.5. The first-order valence-electron chi connectivity index (χ1n) is 3.39. The van der Waals surface area contributed by atoms with Gasteiger partial charge in [0, 0.05) is 13.1 Å². The van der Waals surface area contributed by atoms with Gasteiger partial charge in [0.1, 0.15) is 6.61 Å². The molecule has 0 rings (SSSR count). The van der Waals surface area contributed by atoms with E-state index in [1.807, 2.05) is 13.8 Å². The van der Waals surface area contributed by atoms with Crippen molar-refractivity contribution in [3.05, 3.63) is 0 Å². The third-order valence-electron chi connectivity index (χ3n) is 1.19. The van der Waals surface area contributed by atoms with E-state index in [0.717, 1.165) is 13.1 Å². The molecule has 0 heterocycles. The van der Waals surface area contributed by atoms with Gasteiger partial charge in [0.05, 0.1) is 0 Å². The molecule has 2 N–H and O–H groups in total. The summed E-state index contributed by atoms with van der Waals surface area (Å²) in [5.74, 6) is -0.358. The molecule has 10 heavy (non-hydrogen) atoms. The van der Waals surface area contributed by atoms with Gasteiger partial charge in [0.15, 0.2) is 0 Å². The highest BCUT2D eigenvalue weighted by molar-refractivity contribution is 5.76.